The maximum absolute atomic E-state index is 5.98. The molecule has 2 N–H and O–H groups in total. The Labute approximate surface area is 124 Å². The lowest BCUT2D eigenvalue weighted by molar-refractivity contribution is 0.137. The predicted molar refractivity (Wildman–Crippen MR) is 81.2 cm³/mol. The Morgan fingerprint density at radius 3 is 2.60 bits per heavy atom. The van der Waals surface area contributed by atoms with Crippen LogP contribution in [0.3, 0.4) is 0 Å². The van der Waals surface area contributed by atoms with Crippen molar-refractivity contribution >= 4 is 17.2 Å². The fourth-order valence-corrected chi connectivity index (χ4v) is 3.00. The molecule has 0 aromatic heterocycles. The maximum atomic E-state index is 5.98. The third-order valence-electron chi connectivity index (χ3n) is 3.88. The minimum atomic E-state index is -0.0341. The van der Waals surface area contributed by atoms with Crippen LogP contribution in [0.4, 0.5) is 0 Å². The van der Waals surface area contributed by atoms with Crippen LogP contribution in [0.15, 0.2) is 18.2 Å². The molecule has 1 unspecified atom stereocenters. The number of hydrogen-bond donors (Lipinski definition) is 1. The zero-order chi connectivity index (χ0) is 14.1. The summed E-state index contributed by atoms with van der Waals surface area (Å²) in [5, 5.41) is 0. The number of nitrogens with zero attached hydrogens (tertiary/aromatic N) is 2. The molecule has 1 atom stereocenters. The van der Waals surface area contributed by atoms with E-state index in [2.05, 4.69) is 16.8 Å². The van der Waals surface area contributed by atoms with Gasteiger partial charge in [0.1, 0.15) is 0 Å². The number of thiocarbonyl (C=S) groups is 1. The molecule has 0 aliphatic carbocycles. The van der Waals surface area contributed by atoms with E-state index in [4.69, 9.17) is 27.4 Å². The Morgan fingerprint density at radius 1 is 1.20 bits per heavy atom. The van der Waals surface area contributed by atoms with Crippen LogP contribution in [-0.4, -0.2) is 54.8 Å². The smallest absolute Gasteiger partial charge is 0.231 e. The van der Waals surface area contributed by atoms with E-state index in [-0.39, 0.29) is 12.8 Å². The number of nitrogens with two attached hydrogens (primary N) is 1. The summed E-state index contributed by atoms with van der Waals surface area (Å²) < 4.78 is 10.8. The van der Waals surface area contributed by atoms with Crippen LogP contribution in [0, 0.1) is 0 Å². The predicted octanol–water partition coefficient (Wildman–Crippen LogP) is 0.990. The number of hydrogen-bond acceptors (Lipinski definition) is 5. The van der Waals surface area contributed by atoms with E-state index in [1.807, 2.05) is 18.2 Å². The lowest BCUT2D eigenvalue weighted by Crippen LogP contribution is -2.48. The summed E-state index contributed by atoms with van der Waals surface area (Å²) in [5.41, 5.74) is 7.06. The molecule has 1 aromatic rings. The van der Waals surface area contributed by atoms with Crippen molar-refractivity contribution in [2.75, 3.05) is 40.0 Å². The van der Waals surface area contributed by atoms with Crippen molar-refractivity contribution in [1.29, 1.82) is 0 Å². The number of ether oxygens (including phenoxy) is 2. The van der Waals surface area contributed by atoms with Gasteiger partial charge >= 0.3 is 0 Å². The minimum absolute atomic E-state index is 0.0341. The zero-order valence-corrected chi connectivity index (χ0v) is 12.4. The van der Waals surface area contributed by atoms with Gasteiger partial charge in [0, 0.05) is 26.2 Å². The van der Waals surface area contributed by atoms with Crippen molar-refractivity contribution < 1.29 is 9.47 Å². The number of benzene rings is 1. The quantitative estimate of drug-likeness (QED) is 0.839. The van der Waals surface area contributed by atoms with E-state index >= 15 is 0 Å². The summed E-state index contributed by atoms with van der Waals surface area (Å²) in [7, 11) is 2.13. The van der Waals surface area contributed by atoms with Gasteiger partial charge in [-0.1, -0.05) is 18.3 Å². The molecule has 20 heavy (non-hydrogen) atoms. The van der Waals surface area contributed by atoms with Gasteiger partial charge in [0.2, 0.25) is 6.79 Å². The van der Waals surface area contributed by atoms with Gasteiger partial charge in [-0.3, -0.25) is 4.90 Å². The summed E-state index contributed by atoms with van der Waals surface area (Å²) in [6.07, 6.45) is 0. The molecule has 1 aromatic carbocycles. The number of fused-ring (bicyclic) bond motifs is 1. The summed E-state index contributed by atoms with van der Waals surface area (Å²) in [6.45, 7) is 4.28. The van der Waals surface area contributed by atoms with Gasteiger partial charge in [-0.05, 0) is 24.7 Å². The van der Waals surface area contributed by atoms with Gasteiger partial charge in [0.05, 0.1) is 11.0 Å². The van der Waals surface area contributed by atoms with E-state index in [0.29, 0.717) is 4.99 Å². The van der Waals surface area contributed by atoms with Crippen molar-refractivity contribution in [3.8, 4) is 11.5 Å². The molecule has 3 rings (SSSR count). The van der Waals surface area contributed by atoms with Crippen LogP contribution < -0.4 is 15.2 Å². The highest BCUT2D eigenvalue weighted by molar-refractivity contribution is 7.80. The zero-order valence-electron chi connectivity index (χ0n) is 11.5. The normalized spacial score (nSPS) is 20.9. The fraction of sp³-hybridized carbons (Fsp3) is 0.500. The van der Waals surface area contributed by atoms with Crippen LogP contribution >= 0.6 is 12.2 Å². The Balaban J connectivity index is 1.85. The van der Waals surface area contributed by atoms with Crippen LogP contribution in [0.25, 0.3) is 0 Å². The largest absolute Gasteiger partial charge is 0.454 e. The van der Waals surface area contributed by atoms with Gasteiger partial charge in [-0.25, -0.2) is 0 Å². The van der Waals surface area contributed by atoms with Gasteiger partial charge in [-0.15, -0.1) is 0 Å². The van der Waals surface area contributed by atoms with Crippen molar-refractivity contribution in [1.82, 2.24) is 9.80 Å². The molecule has 5 nitrogen and oxygen atoms in total. The fourth-order valence-electron chi connectivity index (χ4n) is 2.72. The van der Waals surface area contributed by atoms with Crippen molar-refractivity contribution in [3.05, 3.63) is 23.8 Å². The van der Waals surface area contributed by atoms with Crippen LogP contribution in [0.2, 0.25) is 0 Å². The highest BCUT2D eigenvalue weighted by Crippen LogP contribution is 2.35. The summed E-state index contributed by atoms with van der Waals surface area (Å²) in [6, 6.07) is 5.91. The van der Waals surface area contributed by atoms with Crippen LogP contribution in [-0.2, 0) is 0 Å². The number of piperazine rings is 1. The van der Waals surface area contributed by atoms with Crippen LogP contribution in [0.1, 0.15) is 11.6 Å². The molecule has 1 saturated heterocycles. The second-order valence-corrected chi connectivity index (χ2v) is 5.73. The molecular weight excluding hydrogens is 274 g/mol. The molecule has 0 saturated carbocycles. The Hall–Kier alpha value is -1.37. The van der Waals surface area contributed by atoms with E-state index in [9.17, 15) is 0 Å². The number of rotatable bonds is 3. The first-order chi connectivity index (χ1) is 9.65. The van der Waals surface area contributed by atoms with Gasteiger partial charge < -0.3 is 20.1 Å². The third kappa shape index (κ3) is 2.59. The molecule has 0 amide bonds. The van der Waals surface area contributed by atoms with E-state index in [1.165, 1.54) is 0 Å². The molecule has 2 aliphatic rings. The standard InChI is InChI=1S/C14H19N3O2S/c1-16-4-6-17(7-5-16)13(14(15)20)10-2-3-11-12(8-10)19-9-18-11/h2-3,8,13H,4-7,9H2,1H3,(H2,15,20). The Kier molecular flexibility index (Phi) is 3.78. The first-order valence-corrected chi connectivity index (χ1v) is 7.17. The first-order valence-electron chi connectivity index (χ1n) is 6.76. The molecule has 6 heteroatoms. The molecule has 2 aliphatic heterocycles. The highest BCUT2D eigenvalue weighted by atomic mass is 32.1. The lowest BCUT2D eigenvalue weighted by Gasteiger charge is -2.37. The van der Waals surface area contributed by atoms with E-state index < -0.39 is 0 Å². The maximum Gasteiger partial charge on any atom is 0.231 e. The van der Waals surface area contributed by atoms with Gasteiger partial charge in [0.25, 0.3) is 0 Å². The summed E-state index contributed by atoms with van der Waals surface area (Å²) in [5.74, 6) is 1.56. The van der Waals surface area contributed by atoms with Crippen molar-refractivity contribution in [2.45, 2.75) is 6.04 Å². The first kappa shape index (κ1) is 13.6. The summed E-state index contributed by atoms with van der Waals surface area (Å²) >= 11 is 5.29. The van der Waals surface area contributed by atoms with Crippen LogP contribution in [0.5, 0.6) is 11.5 Å². The Morgan fingerprint density at radius 2 is 1.90 bits per heavy atom. The topological polar surface area (TPSA) is 51.0 Å². The SMILES string of the molecule is CN1CCN(C(C(N)=S)c2ccc3c(c2)OCO3)CC1. The summed E-state index contributed by atoms with van der Waals surface area (Å²) in [4.78, 5) is 5.15. The molecular formula is C14H19N3O2S. The molecule has 2 heterocycles. The monoisotopic (exact) mass is 293 g/mol. The van der Waals surface area contributed by atoms with E-state index in [0.717, 1.165) is 43.2 Å². The molecule has 0 spiro atoms. The molecule has 1 fully saturated rings. The molecule has 108 valence electrons. The van der Waals surface area contributed by atoms with Gasteiger partial charge in [-0.2, -0.15) is 0 Å². The molecule has 0 bridgehead atoms. The van der Waals surface area contributed by atoms with Crippen molar-refractivity contribution in [2.24, 2.45) is 5.73 Å². The third-order valence-corrected chi connectivity index (χ3v) is 4.11. The average molecular weight is 293 g/mol. The average Bonchev–Trinajstić information content (AvgIpc) is 2.88. The molecule has 0 radical (unpaired) electrons. The van der Waals surface area contributed by atoms with E-state index in [1.54, 1.807) is 0 Å². The second-order valence-electron chi connectivity index (χ2n) is 5.26. The Bertz CT molecular complexity index is 515. The van der Waals surface area contributed by atoms with Gasteiger partial charge in [0.15, 0.2) is 11.5 Å². The minimum Gasteiger partial charge on any atom is -0.454 e. The highest BCUT2D eigenvalue weighted by Gasteiger charge is 2.27. The number of likely N-dealkylation sites (N-methyl/N-ethyl adjacent to an activating group) is 1. The second kappa shape index (κ2) is 5.55. The van der Waals surface area contributed by atoms with Crippen molar-refractivity contribution in [3.63, 3.8) is 0 Å². The lowest BCUT2D eigenvalue weighted by atomic mass is 10.0.